The smallest absolute Gasteiger partial charge is 0.338 e. The van der Waals surface area contributed by atoms with Crippen LogP contribution in [0, 0.1) is 43.5 Å². The third-order valence-corrected chi connectivity index (χ3v) is 2.92. The van der Waals surface area contributed by atoms with E-state index in [9.17, 15) is 52.5 Å². The monoisotopic (exact) mass is 423 g/mol. The highest BCUT2D eigenvalue weighted by atomic mass is 19.1. The van der Waals surface area contributed by atoms with Gasteiger partial charge in [0.1, 0.15) is 17.2 Å². The number of benzene rings is 2. The Kier molecular flexibility index (Phi) is 8.31. The van der Waals surface area contributed by atoms with Gasteiger partial charge in [-0.15, -0.1) is 0 Å². The van der Waals surface area contributed by atoms with Crippen LogP contribution in [-0.4, -0.2) is 26.9 Å². The number of quaternary nitrogens is 1. The molecule has 0 saturated heterocycles. The van der Waals surface area contributed by atoms with Crippen molar-refractivity contribution in [1.82, 2.24) is 6.15 Å². The maximum absolute atomic E-state index is 12.7. The Morgan fingerprint density at radius 3 is 1.41 bits per heavy atom. The lowest BCUT2D eigenvalue weighted by Gasteiger charge is -2.03. The van der Waals surface area contributed by atoms with Crippen molar-refractivity contribution >= 4 is 23.3 Å². The minimum atomic E-state index is -1.94. The van der Waals surface area contributed by atoms with Crippen molar-refractivity contribution in [2.24, 2.45) is 0 Å². The summed E-state index contributed by atoms with van der Waals surface area (Å²) in [5, 5.41) is 38.9. The van der Waals surface area contributed by atoms with Crippen molar-refractivity contribution in [2.45, 2.75) is 0 Å². The number of hydrogen-bond acceptors (Lipinski definition) is 7. The quantitative estimate of drug-likeness (QED) is 0.423. The molecule has 2 aromatic carbocycles. The van der Waals surface area contributed by atoms with Crippen molar-refractivity contribution in [3.05, 3.63) is 78.9 Å². The number of nitrogens with zero attached hydrogens (tertiary/aromatic N) is 2. The normalized spacial score (nSPS) is 9.52. The van der Waals surface area contributed by atoms with Crippen LogP contribution in [0.4, 0.5) is 28.9 Å². The Balaban J connectivity index is 0.000000523. The maximum Gasteiger partial charge on any atom is 0.338 e. The van der Waals surface area contributed by atoms with Crippen molar-refractivity contribution in [1.29, 1.82) is 0 Å². The van der Waals surface area contributed by atoms with E-state index in [0.29, 0.717) is 6.07 Å². The maximum atomic E-state index is 12.7. The molecular formula is C14H9F4N3O8. The van der Waals surface area contributed by atoms with E-state index in [-0.39, 0.29) is 24.3 Å². The lowest BCUT2D eigenvalue weighted by atomic mass is 10.2. The van der Waals surface area contributed by atoms with Crippen molar-refractivity contribution in [3.8, 4) is 0 Å². The molecule has 0 atom stereocenters. The zero-order valence-corrected chi connectivity index (χ0v) is 14.0. The fraction of sp³-hybridized carbons (Fsp3) is 0. The minimum absolute atomic E-state index is 0. The lowest BCUT2D eigenvalue weighted by molar-refractivity contribution is -0.387. The number of carboxylic acids is 2. The summed E-state index contributed by atoms with van der Waals surface area (Å²) in [6.45, 7) is 0. The first-order chi connectivity index (χ1) is 12.9. The van der Waals surface area contributed by atoms with Gasteiger partial charge in [-0.3, -0.25) is 20.2 Å². The highest BCUT2D eigenvalue weighted by molar-refractivity contribution is 5.88. The number of hydrogen-bond donors (Lipinski definition) is 2. The van der Waals surface area contributed by atoms with E-state index >= 15 is 0 Å². The van der Waals surface area contributed by atoms with Crippen molar-refractivity contribution < 1.29 is 47.2 Å². The molecule has 0 heterocycles. The standard InChI is InChI=1S/2C7H3F2NO4.H3N/c2*8-4-2-5(9)6(10(13)14)1-3(4)7(11)12;/h2*1-2H,(H,11,12);1H3. The zero-order chi connectivity index (χ0) is 21.8. The molecule has 2 aromatic rings. The van der Waals surface area contributed by atoms with Gasteiger partial charge >= 0.3 is 17.3 Å². The number of nitro groups is 2. The Bertz CT molecular complexity index is 849. The summed E-state index contributed by atoms with van der Waals surface area (Å²) in [7, 11) is 0. The average molecular weight is 423 g/mol. The Morgan fingerprint density at radius 1 is 0.759 bits per heavy atom. The third kappa shape index (κ3) is 5.93. The molecule has 156 valence electrons. The molecule has 11 nitrogen and oxygen atoms in total. The van der Waals surface area contributed by atoms with Crippen LogP contribution >= 0.6 is 0 Å². The van der Waals surface area contributed by atoms with Crippen molar-refractivity contribution in [3.63, 3.8) is 0 Å². The fourth-order valence-electron chi connectivity index (χ4n) is 1.68. The van der Waals surface area contributed by atoms with E-state index in [2.05, 4.69) is 0 Å². The second kappa shape index (κ2) is 9.70. The van der Waals surface area contributed by atoms with E-state index < -0.39 is 67.6 Å². The summed E-state index contributed by atoms with van der Waals surface area (Å²) in [6, 6.07) is 0.915. The summed E-state index contributed by atoms with van der Waals surface area (Å²) in [4.78, 5) is 38.6. The number of carbonyl (C=O) groups is 2. The molecule has 0 fully saturated rings. The molecule has 0 aliphatic rings. The summed E-state index contributed by atoms with van der Waals surface area (Å²) >= 11 is 0. The van der Waals surface area contributed by atoms with E-state index in [1.165, 1.54) is 0 Å². The van der Waals surface area contributed by atoms with Gasteiger partial charge in [0.25, 0.3) is 0 Å². The molecule has 0 aliphatic heterocycles. The Labute approximate surface area is 156 Å². The molecule has 5 N–H and O–H groups in total. The second-order valence-electron chi connectivity index (χ2n) is 4.67. The lowest BCUT2D eigenvalue weighted by Crippen LogP contribution is -2.23. The Hall–Kier alpha value is -4.14. The molecule has 2 rings (SSSR count). The number of carbonyl (C=O) groups excluding carboxylic acids is 1. The molecular weight excluding hydrogens is 414 g/mol. The Morgan fingerprint density at radius 2 is 1.10 bits per heavy atom. The second-order valence-corrected chi connectivity index (χ2v) is 4.67. The van der Waals surface area contributed by atoms with Crippen LogP contribution in [0.3, 0.4) is 0 Å². The molecule has 0 aliphatic carbocycles. The number of nitro benzene ring substituents is 2. The fourth-order valence-corrected chi connectivity index (χ4v) is 1.68. The van der Waals surface area contributed by atoms with Gasteiger partial charge in [-0.2, -0.15) is 8.78 Å². The number of rotatable bonds is 4. The van der Waals surface area contributed by atoms with Crippen molar-refractivity contribution in [2.75, 3.05) is 0 Å². The van der Waals surface area contributed by atoms with Crippen LogP contribution in [0.5, 0.6) is 0 Å². The molecule has 29 heavy (non-hydrogen) atoms. The first kappa shape index (κ1) is 24.9. The van der Waals surface area contributed by atoms with Crippen LogP contribution < -0.4 is 11.3 Å². The zero-order valence-electron chi connectivity index (χ0n) is 14.0. The summed E-state index contributed by atoms with van der Waals surface area (Å²) in [5.74, 6) is -9.22. The van der Waals surface area contributed by atoms with Crippen LogP contribution in [0.25, 0.3) is 0 Å². The topological polar surface area (TPSA) is 200 Å². The van der Waals surface area contributed by atoms with Gasteiger partial charge in [0.2, 0.25) is 11.6 Å². The average Bonchev–Trinajstić information content (AvgIpc) is 2.53. The molecule has 0 radical (unpaired) electrons. The van der Waals surface area contributed by atoms with Gasteiger partial charge in [-0.1, -0.05) is 0 Å². The number of halogens is 4. The van der Waals surface area contributed by atoms with E-state index in [0.717, 1.165) is 0 Å². The molecule has 0 aromatic heterocycles. The molecule has 0 saturated carbocycles. The van der Waals surface area contributed by atoms with Gasteiger partial charge < -0.3 is 21.2 Å². The highest BCUT2D eigenvalue weighted by Crippen LogP contribution is 2.22. The molecule has 0 unspecified atom stereocenters. The van der Waals surface area contributed by atoms with Crippen LogP contribution in [-0.2, 0) is 0 Å². The highest BCUT2D eigenvalue weighted by Gasteiger charge is 2.21. The molecule has 0 bridgehead atoms. The largest absolute Gasteiger partial charge is 0.545 e. The summed E-state index contributed by atoms with van der Waals surface area (Å²) in [5.41, 5.74) is -4.15. The number of carboxylic acid groups (broad SMARTS) is 2. The summed E-state index contributed by atoms with van der Waals surface area (Å²) < 4.78 is 50.7. The van der Waals surface area contributed by atoms with Crippen LogP contribution in [0.15, 0.2) is 24.3 Å². The van der Waals surface area contributed by atoms with E-state index in [4.69, 9.17) is 5.11 Å². The predicted molar refractivity (Wildman–Crippen MR) is 83.3 cm³/mol. The van der Waals surface area contributed by atoms with Crippen LogP contribution in [0.2, 0.25) is 0 Å². The van der Waals surface area contributed by atoms with Gasteiger partial charge in [-0.05, 0) is 0 Å². The third-order valence-electron chi connectivity index (χ3n) is 2.92. The van der Waals surface area contributed by atoms with E-state index in [1.54, 1.807) is 0 Å². The molecule has 15 heteroatoms. The molecule has 0 spiro atoms. The first-order valence-corrected chi connectivity index (χ1v) is 6.58. The van der Waals surface area contributed by atoms with Gasteiger partial charge in [-0.25, -0.2) is 13.6 Å². The van der Waals surface area contributed by atoms with Crippen LogP contribution in [0.1, 0.15) is 20.7 Å². The summed E-state index contributed by atoms with van der Waals surface area (Å²) in [6.07, 6.45) is 0. The SMILES string of the molecule is O=C(O)c1cc([N+](=O)[O-])c(F)cc1F.O=C([O-])c1cc([N+](=O)[O-])c(F)cc1F.[NH4+]. The molecule has 0 amide bonds. The number of aromatic carboxylic acids is 2. The predicted octanol–water partition coefficient (Wildman–Crippen LogP) is 2.18. The van der Waals surface area contributed by atoms with E-state index in [1.807, 2.05) is 0 Å². The van der Waals surface area contributed by atoms with Gasteiger partial charge in [0, 0.05) is 29.8 Å². The minimum Gasteiger partial charge on any atom is -0.545 e. The first-order valence-electron chi connectivity index (χ1n) is 6.58. The van der Waals surface area contributed by atoms with Gasteiger partial charge in [0.05, 0.1) is 15.8 Å². The van der Waals surface area contributed by atoms with Gasteiger partial charge in [0.15, 0.2) is 0 Å².